The minimum absolute atomic E-state index is 0.375. The van der Waals surface area contributed by atoms with Crippen molar-refractivity contribution in [1.82, 2.24) is 15.5 Å². The molecule has 0 aliphatic rings. The molecule has 8 heteroatoms. The van der Waals surface area contributed by atoms with Crippen molar-refractivity contribution in [3.8, 4) is 10.6 Å². The third kappa shape index (κ3) is 4.85. The maximum absolute atomic E-state index is 12.6. The van der Waals surface area contributed by atoms with Crippen LogP contribution >= 0.6 is 11.3 Å². The van der Waals surface area contributed by atoms with Crippen LogP contribution in [0.25, 0.3) is 10.6 Å². The van der Waals surface area contributed by atoms with Gasteiger partial charge in [0.2, 0.25) is 5.91 Å². The SMILES string of the molecule is CCCC(NC(=O)C(O)c1ccccc1)C(=O)Nc1cc(-c2cccs2)[nH]n1. The summed E-state index contributed by atoms with van der Waals surface area (Å²) in [5.41, 5.74) is 1.28. The molecule has 2 atom stereocenters. The Hall–Kier alpha value is -2.97. The van der Waals surface area contributed by atoms with Crippen molar-refractivity contribution in [2.75, 3.05) is 5.32 Å². The number of benzene rings is 1. The number of hydrogen-bond donors (Lipinski definition) is 4. The summed E-state index contributed by atoms with van der Waals surface area (Å²) in [6, 6.07) is 13.5. The highest BCUT2D eigenvalue weighted by atomic mass is 32.1. The first kappa shape index (κ1) is 19.8. The number of amides is 2. The van der Waals surface area contributed by atoms with Crippen molar-refractivity contribution in [2.24, 2.45) is 0 Å². The Labute approximate surface area is 166 Å². The second-order valence-corrected chi connectivity index (χ2v) is 7.24. The van der Waals surface area contributed by atoms with Gasteiger partial charge < -0.3 is 15.7 Å². The molecule has 2 unspecified atom stereocenters. The quantitative estimate of drug-likeness (QED) is 0.468. The molecule has 0 fully saturated rings. The first-order valence-electron chi connectivity index (χ1n) is 9.02. The third-order valence-corrected chi connectivity index (χ3v) is 5.09. The summed E-state index contributed by atoms with van der Waals surface area (Å²) >= 11 is 1.56. The minimum Gasteiger partial charge on any atom is -0.378 e. The molecule has 28 heavy (non-hydrogen) atoms. The van der Waals surface area contributed by atoms with Gasteiger partial charge in [0.05, 0.1) is 10.6 Å². The van der Waals surface area contributed by atoms with Gasteiger partial charge in [-0.15, -0.1) is 11.3 Å². The lowest BCUT2D eigenvalue weighted by Crippen LogP contribution is -2.45. The molecule has 0 radical (unpaired) electrons. The van der Waals surface area contributed by atoms with Crippen molar-refractivity contribution >= 4 is 29.0 Å². The standard InChI is InChI=1S/C20H22N4O3S/c1-2-7-14(21-20(27)18(25)13-8-4-3-5-9-13)19(26)22-17-12-15(23-24-17)16-10-6-11-28-16/h3-6,8-12,14,18,25H,2,7H2,1H3,(H,21,27)(H2,22,23,24,26). The number of carbonyl (C=O) groups excluding carboxylic acids is 2. The van der Waals surface area contributed by atoms with E-state index in [9.17, 15) is 14.7 Å². The Bertz CT molecular complexity index is 909. The number of anilines is 1. The average molecular weight is 398 g/mol. The van der Waals surface area contributed by atoms with Gasteiger partial charge in [-0.2, -0.15) is 5.10 Å². The highest BCUT2D eigenvalue weighted by Gasteiger charge is 2.25. The van der Waals surface area contributed by atoms with Gasteiger partial charge in [-0.1, -0.05) is 49.7 Å². The largest absolute Gasteiger partial charge is 0.378 e. The normalized spacial score (nSPS) is 12.9. The van der Waals surface area contributed by atoms with E-state index in [1.54, 1.807) is 47.7 Å². The zero-order chi connectivity index (χ0) is 19.9. The maximum Gasteiger partial charge on any atom is 0.254 e. The molecule has 3 aromatic rings. The Kier molecular flexibility index (Phi) is 6.57. The molecular formula is C20H22N4O3S. The molecule has 146 valence electrons. The molecule has 0 bridgehead atoms. The summed E-state index contributed by atoms with van der Waals surface area (Å²) in [4.78, 5) is 26.0. The van der Waals surface area contributed by atoms with E-state index in [4.69, 9.17) is 0 Å². The van der Waals surface area contributed by atoms with Gasteiger partial charge in [-0.25, -0.2) is 0 Å². The fourth-order valence-electron chi connectivity index (χ4n) is 2.75. The van der Waals surface area contributed by atoms with E-state index in [0.717, 1.165) is 10.6 Å². The molecule has 0 aliphatic carbocycles. The summed E-state index contributed by atoms with van der Waals surface area (Å²) in [5.74, 6) is -0.604. The second-order valence-electron chi connectivity index (χ2n) is 6.30. The summed E-state index contributed by atoms with van der Waals surface area (Å²) in [7, 11) is 0. The molecule has 0 aliphatic heterocycles. The van der Waals surface area contributed by atoms with Crippen molar-refractivity contribution in [2.45, 2.75) is 31.9 Å². The van der Waals surface area contributed by atoms with Crippen LogP contribution in [0.1, 0.15) is 31.4 Å². The molecule has 7 nitrogen and oxygen atoms in total. The molecule has 0 saturated heterocycles. The number of aliphatic hydroxyl groups excluding tert-OH is 1. The average Bonchev–Trinajstić information content (AvgIpc) is 3.39. The van der Waals surface area contributed by atoms with E-state index in [0.29, 0.717) is 24.2 Å². The van der Waals surface area contributed by atoms with E-state index in [1.807, 2.05) is 24.4 Å². The third-order valence-electron chi connectivity index (χ3n) is 4.19. The van der Waals surface area contributed by atoms with Crippen LogP contribution in [0.15, 0.2) is 53.9 Å². The van der Waals surface area contributed by atoms with Gasteiger partial charge in [0.1, 0.15) is 6.04 Å². The van der Waals surface area contributed by atoms with E-state index in [1.165, 1.54) is 0 Å². The summed E-state index contributed by atoms with van der Waals surface area (Å²) < 4.78 is 0. The molecule has 2 amide bonds. The van der Waals surface area contributed by atoms with Crippen molar-refractivity contribution in [3.05, 3.63) is 59.5 Å². The predicted octanol–water partition coefficient (Wildman–Crippen LogP) is 3.10. The number of hydrogen-bond acceptors (Lipinski definition) is 5. The Morgan fingerprint density at radius 2 is 1.96 bits per heavy atom. The van der Waals surface area contributed by atoms with Gasteiger partial charge >= 0.3 is 0 Å². The van der Waals surface area contributed by atoms with Crippen LogP contribution in [0, 0.1) is 0 Å². The molecule has 4 N–H and O–H groups in total. The van der Waals surface area contributed by atoms with Gasteiger partial charge in [0.25, 0.3) is 5.91 Å². The van der Waals surface area contributed by atoms with Crippen LogP contribution in [0.4, 0.5) is 5.82 Å². The lowest BCUT2D eigenvalue weighted by Gasteiger charge is -2.19. The van der Waals surface area contributed by atoms with Gasteiger partial charge in [0.15, 0.2) is 11.9 Å². The number of nitrogens with zero attached hydrogens (tertiary/aromatic N) is 1. The van der Waals surface area contributed by atoms with Crippen molar-refractivity contribution in [3.63, 3.8) is 0 Å². The predicted molar refractivity (Wildman–Crippen MR) is 109 cm³/mol. The number of H-pyrrole nitrogens is 1. The van der Waals surface area contributed by atoms with E-state index >= 15 is 0 Å². The van der Waals surface area contributed by atoms with E-state index < -0.39 is 18.1 Å². The Balaban J connectivity index is 1.64. The first-order valence-corrected chi connectivity index (χ1v) is 9.90. The molecule has 2 aromatic heterocycles. The minimum atomic E-state index is -1.33. The van der Waals surface area contributed by atoms with Gasteiger partial charge in [0, 0.05) is 6.07 Å². The van der Waals surface area contributed by atoms with E-state index in [2.05, 4.69) is 20.8 Å². The Morgan fingerprint density at radius 3 is 2.64 bits per heavy atom. The highest BCUT2D eigenvalue weighted by Crippen LogP contribution is 2.24. The number of aromatic nitrogens is 2. The van der Waals surface area contributed by atoms with Gasteiger partial charge in [-0.05, 0) is 23.4 Å². The number of aromatic amines is 1. The molecule has 0 spiro atoms. The fourth-order valence-corrected chi connectivity index (χ4v) is 3.44. The number of thiophene rings is 1. The van der Waals surface area contributed by atoms with Crippen LogP contribution in [-0.2, 0) is 9.59 Å². The lowest BCUT2D eigenvalue weighted by molar-refractivity contribution is -0.133. The number of rotatable bonds is 8. The molecule has 0 saturated carbocycles. The van der Waals surface area contributed by atoms with Crippen molar-refractivity contribution in [1.29, 1.82) is 0 Å². The second kappa shape index (κ2) is 9.29. The van der Waals surface area contributed by atoms with Crippen LogP contribution in [-0.4, -0.2) is 33.2 Å². The number of aliphatic hydroxyl groups is 1. The molecule has 3 rings (SSSR count). The van der Waals surface area contributed by atoms with Gasteiger partial charge in [-0.3, -0.25) is 14.7 Å². The van der Waals surface area contributed by atoms with E-state index in [-0.39, 0.29) is 5.91 Å². The van der Waals surface area contributed by atoms with Crippen molar-refractivity contribution < 1.29 is 14.7 Å². The lowest BCUT2D eigenvalue weighted by atomic mass is 10.1. The number of nitrogens with one attached hydrogen (secondary N) is 3. The highest BCUT2D eigenvalue weighted by molar-refractivity contribution is 7.13. The zero-order valence-electron chi connectivity index (χ0n) is 15.4. The number of carbonyl (C=O) groups is 2. The maximum atomic E-state index is 12.6. The molecule has 2 heterocycles. The smallest absolute Gasteiger partial charge is 0.254 e. The first-order chi connectivity index (χ1) is 13.6. The molecular weight excluding hydrogens is 376 g/mol. The zero-order valence-corrected chi connectivity index (χ0v) is 16.2. The summed E-state index contributed by atoms with van der Waals surface area (Å²) in [5, 5.41) is 24.5. The van der Waals surface area contributed by atoms with Crippen LogP contribution in [0.5, 0.6) is 0 Å². The van der Waals surface area contributed by atoms with Crippen LogP contribution in [0.2, 0.25) is 0 Å². The van der Waals surface area contributed by atoms with Crippen LogP contribution < -0.4 is 10.6 Å². The van der Waals surface area contributed by atoms with Crippen LogP contribution in [0.3, 0.4) is 0 Å². The molecule has 1 aromatic carbocycles. The Morgan fingerprint density at radius 1 is 1.18 bits per heavy atom. The summed E-state index contributed by atoms with van der Waals surface area (Å²) in [6.07, 6.45) is -0.189. The topological polar surface area (TPSA) is 107 Å². The monoisotopic (exact) mass is 398 g/mol. The summed E-state index contributed by atoms with van der Waals surface area (Å²) in [6.45, 7) is 1.92. The fraction of sp³-hybridized carbons (Fsp3) is 0.250.